The Morgan fingerprint density at radius 3 is 2.66 bits per heavy atom. The summed E-state index contributed by atoms with van der Waals surface area (Å²) < 4.78 is 0. The number of thiophene rings is 1. The maximum Gasteiger partial charge on any atom is 0.324 e. The Hall–Kier alpha value is -2.42. The Morgan fingerprint density at radius 1 is 1.16 bits per heavy atom. The molecule has 1 aliphatic heterocycles. The molecule has 32 heavy (non-hydrogen) atoms. The number of hydrogen-bond donors (Lipinski definition) is 3. The van der Waals surface area contributed by atoms with Crippen LogP contribution in [0, 0.1) is 5.92 Å². The number of unbranched alkanes of at least 4 members (excludes halogenated alkanes) is 1. The van der Waals surface area contributed by atoms with Crippen LogP contribution in [0.15, 0.2) is 24.3 Å². The maximum absolute atomic E-state index is 12.5. The van der Waals surface area contributed by atoms with Gasteiger partial charge in [-0.05, 0) is 68.5 Å². The summed E-state index contributed by atoms with van der Waals surface area (Å²) in [7, 11) is 0. The minimum atomic E-state index is -0.378. The first kappa shape index (κ1) is 22.8. The van der Waals surface area contributed by atoms with E-state index in [1.807, 2.05) is 0 Å². The molecule has 7 nitrogen and oxygen atoms in total. The fourth-order valence-electron chi connectivity index (χ4n) is 3.99. The number of fused-ring (bicyclic) bond motifs is 1. The van der Waals surface area contributed by atoms with E-state index in [-0.39, 0.29) is 6.03 Å². The van der Waals surface area contributed by atoms with Crippen molar-refractivity contribution in [3.05, 3.63) is 39.7 Å². The number of urea groups is 1. The number of carbonyl (C=O) groups excluding carboxylic acids is 3. The zero-order valence-electron chi connectivity index (χ0n) is 17.8. The van der Waals surface area contributed by atoms with Crippen molar-refractivity contribution in [1.29, 1.82) is 0 Å². The standard InChI is InChI=1S/C23H27ClN4O3S/c24-16-6-8-17(9-7-16)26-23(31)27-22-21(25-14-29)18-10-12-28(13-20(18)32-22)11-2-1-3-19(30)15-4-5-15/h6-9,14-15H,1-5,10-13H2,(H,25,29)(H2,26,27,31). The number of rotatable bonds is 10. The highest BCUT2D eigenvalue weighted by Gasteiger charge is 2.29. The van der Waals surface area contributed by atoms with Gasteiger partial charge in [0.25, 0.3) is 0 Å². The average Bonchev–Trinajstić information content (AvgIpc) is 3.57. The van der Waals surface area contributed by atoms with E-state index in [4.69, 9.17) is 11.6 Å². The van der Waals surface area contributed by atoms with Gasteiger partial charge in [0.15, 0.2) is 0 Å². The third kappa shape index (κ3) is 5.88. The van der Waals surface area contributed by atoms with Gasteiger partial charge in [-0.3, -0.25) is 19.8 Å². The van der Waals surface area contributed by atoms with Crippen LogP contribution in [0.1, 0.15) is 42.5 Å². The largest absolute Gasteiger partial charge is 0.326 e. The normalized spacial score (nSPS) is 15.7. The molecule has 0 spiro atoms. The monoisotopic (exact) mass is 474 g/mol. The number of amides is 3. The Morgan fingerprint density at radius 2 is 1.94 bits per heavy atom. The van der Waals surface area contributed by atoms with Crippen LogP contribution in [0.3, 0.4) is 0 Å². The van der Waals surface area contributed by atoms with Crippen LogP contribution < -0.4 is 16.0 Å². The molecule has 0 bridgehead atoms. The molecule has 0 radical (unpaired) electrons. The maximum atomic E-state index is 12.5. The quantitative estimate of drug-likeness (QED) is 0.329. The summed E-state index contributed by atoms with van der Waals surface area (Å²) in [5, 5.41) is 9.64. The van der Waals surface area contributed by atoms with Gasteiger partial charge in [-0.25, -0.2) is 4.79 Å². The molecule has 0 unspecified atom stereocenters. The molecule has 1 saturated carbocycles. The molecule has 2 heterocycles. The van der Waals surface area contributed by atoms with Crippen LogP contribution in [0.5, 0.6) is 0 Å². The number of halogens is 1. The van der Waals surface area contributed by atoms with Crippen molar-refractivity contribution >= 4 is 57.5 Å². The highest BCUT2D eigenvalue weighted by atomic mass is 35.5. The average molecular weight is 475 g/mol. The van der Waals surface area contributed by atoms with E-state index in [0.717, 1.165) is 62.2 Å². The number of ketones is 1. The molecule has 2 aromatic rings. The lowest BCUT2D eigenvalue weighted by atomic mass is 10.1. The van der Waals surface area contributed by atoms with Gasteiger partial charge in [0, 0.05) is 41.0 Å². The number of Topliss-reactive ketones (excluding diaryl/α,β-unsaturated/α-hetero) is 1. The van der Waals surface area contributed by atoms with E-state index in [2.05, 4.69) is 20.9 Å². The summed E-state index contributed by atoms with van der Waals surface area (Å²) in [5.41, 5.74) is 2.40. The van der Waals surface area contributed by atoms with Crippen LogP contribution in [0.2, 0.25) is 5.02 Å². The number of nitrogens with one attached hydrogen (secondary N) is 3. The SMILES string of the molecule is O=CNc1c(NC(=O)Nc2ccc(Cl)cc2)sc2c1CCN(CCCCC(=O)C1CC1)C2. The van der Waals surface area contributed by atoms with E-state index in [0.29, 0.717) is 45.9 Å². The molecule has 4 rings (SSSR count). The molecule has 1 aliphatic carbocycles. The van der Waals surface area contributed by atoms with Crippen molar-refractivity contribution in [2.45, 2.75) is 45.1 Å². The minimum absolute atomic E-state index is 0.352. The number of nitrogens with zero attached hydrogens (tertiary/aromatic N) is 1. The molecule has 3 N–H and O–H groups in total. The highest BCUT2D eigenvalue weighted by molar-refractivity contribution is 7.17. The Kier molecular flexibility index (Phi) is 7.44. The summed E-state index contributed by atoms with van der Waals surface area (Å²) in [5.74, 6) is 0.784. The van der Waals surface area contributed by atoms with Crippen LogP contribution in [-0.2, 0) is 22.6 Å². The smallest absolute Gasteiger partial charge is 0.324 e. The zero-order valence-corrected chi connectivity index (χ0v) is 19.4. The fraction of sp³-hybridized carbons (Fsp3) is 0.435. The molecule has 1 aromatic heterocycles. The van der Waals surface area contributed by atoms with E-state index in [1.165, 1.54) is 11.3 Å². The summed E-state index contributed by atoms with van der Waals surface area (Å²) in [6, 6.07) is 6.48. The van der Waals surface area contributed by atoms with Gasteiger partial charge >= 0.3 is 6.03 Å². The number of carbonyl (C=O) groups is 3. The second kappa shape index (κ2) is 10.5. The van der Waals surface area contributed by atoms with E-state index < -0.39 is 0 Å². The van der Waals surface area contributed by atoms with Crippen molar-refractivity contribution in [1.82, 2.24) is 4.90 Å². The first-order chi connectivity index (χ1) is 15.5. The van der Waals surface area contributed by atoms with Crippen molar-refractivity contribution in [2.75, 3.05) is 29.0 Å². The molecule has 2 aliphatic rings. The van der Waals surface area contributed by atoms with Crippen LogP contribution >= 0.6 is 22.9 Å². The molecule has 1 aromatic carbocycles. The molecule has 0 atom stereocenters. The predicted octanol–water partition coefficient (Wildman–Crippen LogP) is 5.12. The molecule has 170 valence electrons. The van der Waals surface area contributed by atoms with Crippen LogP contribution in [-0.4, -0.2) is 36.2 Å². The van der Waals surface area contributed by atoms with Crippen molar-refractivity contribution in [3.8, 4) is 0 Å². The van der Waals surface area contributed by atoms with Gasteiger partial charge in [0.05, 0.1) is 5.69 Å². The Bertz CT molecular complexity index is 988. The number of benzene rings is 1. The first-order valence-electron chi connectivity index (χ1n) is 11.0. The van der Waals surface area contributed by atoms with Gasteiger partial charge < -0.3 is 10.6 Å². The predicted molar refractivity (Wildman–Crippen MR) is 129 cm³/mol. The van der Waals surface area contributed by atoms with Crippen molar-refractivity contribution in [2.24, 2.45) is 5.92 Å². The summed E-state index contributed by atoms with van der Waals surface area (Å²) in [4.78, 5) is 39.0. The molecule has 9 heteroatoms. The summed E-state index contributed by atoms with van der Waals surface area (Å²) in [6.45, 7) is 2.63. The third-order valence-corrected chi connectivity index (χ3v) is 7.23. The lowest BCUT2D eigenvalue weighted by Crippen LogP contribution is -2.30. The van der Waals surface area contributed by atoms with Gasteiger partial charge in [-0.15, -0.1) is 11.3 Å². The first-order valence-corrected chi connectivity index (χ1v) is 12.2. The zero-order chi connectivity index (χ0) is 22.5. The molecule has 1 fully saturated rings. The van der Waals surface area contributed by atoms with Gasteiger partial charge in [-0.1, -0.05) is 11.6 Å². The molecule has 3 amide bonds. The third-order valence-electron chi connectivity index (χ3n) is 5.85. The van der Waals surface area contributed by atoms with Gasteiger partial charge in [-0.2, -0.15) is 0 Å². The van der Waals surface area contributed by atoms with E-state index in [1.54, 1.807) is 24.3 Å². The minimum Gasteiger partial charge on any atom is -0.326 e. The van der Waals surface area contributed by atoms with Gasteiger partial charge in [0.1, 0.15) is 10.8 Å². The topological polar surface area (TPSA) is 90.5 Å². The lowest BCUT2D eigenvalue weighted by molar-refractivity contribution is -0.120. The molecule has 0 saturated heterocycles. The molecular weight excluding hydrogens is 448 g/mol. The fourth-order valence-corrected chi connectivity index (χ4v) is 5.36. The van der Waals surface area contributed by atoms with Crippen LogP contribution in [0.25, 0.3) is 0 Å². The second-order valence-corrected chi connectivity index (χ2v) is 9.82. The number of hydrogen-bond acceptors (Lipinski definition) is 5. The molecular formula is C23H27ClN4O3S. The Labute approximate surface area is 196 Å². The van der Waals surface area contributed by atoms with E-state index >= 15 is 0 Å². The van der Waals surface area contributed by atoms with E-state index in [9.17, 15) is 14.4 Å². The van der Waals surface area contributed by atoms with Gasteiger partial charge in [0.2, 0.25) is 6.41 Å². The highest BCUT2D eigenvalue weighted by Crippen LogP contribution is 2.41. The summed E-state index contributed by atoms with van der Waals surface area (Å²) >= 11 is 7.38. The lowest BCUT2D eigenvalue weighted by Gasteiger charge is -2.27. The van der Waals surface area contributed by atoms with Crippen molar-refractivity contribution in [3.63, 3.8) is 0 Å². The summed E-state index contributed by atoms with van der Waals surface area (Å²) in [6.07, 6.45) is 6.27. The second-order valence-electron chi connectivity index (χ2n) is 8.28. The Balaban J connectivity index is 1.34. The van der Waals surface area contributed by atoms with Crippen molar-refractivity contribution < 1.29 is 14.4 Å². The van der Waals surface area contributed by atoms with Crippen LogP contribution in [0.4, 0.5) is 21.2 Å². The number of anilines is 3.